The zero-order valence-corrected chi connectivity index (χ0v) is 16.2. The molecule has 1 fully saturated rings. The first kappa shape index (κ1) is 17.6. The highest BCUT2D eigenvalue weighted by Gasteiger charge is 2.16. The van der Waals surface area contributed by atoms with Crippen molar-refractivity contribution in [3.63, 3.8) is 0 Å². The average Bonchev–Trinajstić information content (AvgIpc) is 3.43. The lowest BCUT2D eigenvalue weighted by Crippen LogP contribution is -2.22. The number of nitrogens with one attached hydrogen (secondary N) is 2. The fourth-order valence-corrected chi connectivity index (χ4v) is 3.75. The number of aromatic nitrogens is 4. The molecule has 0 radical (unpaired) electrons. The second-order valence-electron chi connectivity index (χ2n) is 7.11. The van der Waals surface area contributed by atoms with E-state index < -0.39 is 0 Å². The Kier molecular flexibility index (Phi) is 4.57. The lowest BCUT2D eigenvalue weighted by atomic mass is 10.1. The predicted molar refractivity (Wildman–Crippen MR) is 113 cm³/mol. The molecule has 4 aromatic rings. The third kappa shape index (κ3) is 3.40. The molecule has 1 atom stereocenters. The van der Waals surface area contributed by atoms with Gasteiger partial charge in [-0.25, -0.2) is 9.97 Å². The summed E-state index contributed by atoms with van der Waals surface area (Å²) in [5.41, 5.74) is 4.56. The van der Waals surface area contributed by atoms with Crippen molar-refractivity contribution in [1.29, 1.82) is 0 Å². The molecular formula is C22H22N6O. The minimum Gasteiger partial charge on any atom is -0.496 e. The number of ether oxygens (including phenoxy) is 1. The number of fused-ring (bicyclic) bond motifs is 1. The van der Waals surface area contributed by atoms with Gasteiger partial charge in [0.2, 0.25) is 0 Å². The summed E-state index contributed by atoms with van der Waals surface area (Å²) < 4.78 is 7.65. The molecule has 0 aromatic carbocycles. The van der Waals surface area contributed by atoms with Gasteiger partial charge in [-0.15, -0.1) is 0 Å². The fraction of sp³-hybridized carbons (Fsp3) is 0.227. The summed E-state index contributed by atoms with van der Waals surface area (Å²) in [5, 5.41) is 6.89. The number of hydrogen-bond donors (Lipinski definition) is 2. The van der Waals surface area contributed by atoms with Gasteiger partial charge in [0, 0.05) is 48.4 Å². The van der Waals surface area contributed by atoms with Gasteiger partial charge >= 0.3 is 0 Å². The molecule has 0 saturated carbocycles. The van der Waals surface area contributed by atoms with Gasteiger partial charge in [0.25, 0.3) is 0 Å². The summed E-state index contributed by atoms with van der Waals surface area (Å²) in [6.07, 6.45) is 8.59. The first-order chi connectivity index (χ1) is 14.3. The van der Waals surface area contributed by atoms with E-state index in [-0.39, 0.29) is 0 Å². The Morgan fingerprint density at radius 2 is 2.17 bits per heavy atom. The van der Waals surface area contributed by atoms with Crippen LogP contribution in [0.25, 0.3) is 28.2 Å². The molecule has 0 aliphatic carbocycles. The minimum atomic E-state index is 0.418. The standard InChI is InChI=1S/C22H22N6O/c1-29-20-10-22-25-13-19(28(22)14-17(20)15-4-3-8-23-11-15)18-5-2-6-21(27-18)26-16-7-9-24-12-16/h2-6,8,10-11,13-14,16,24H,7,9,12H2,1H3,(H,26,27)/t16-/m0/s1. The first-order valence-corrected chi connectivity index (χ1v) is 9.72. The predicted octanol–water partition coefficient (Wildman–Crippen LogP) is 3.24. The molecule has 0 amide bonds. The van der Waals surface area contributed by atoms with E-state index in [1.807, 2.05) is 59.4 Å². The SMILES string of the molecule is COc1cc2ncc(-c3cccc(N[C@H]4CCNC4)n3)n2cc1-c1cccnc1. The van der Waals surface area contributed by atoms with Gasteiger partial charge in [-0.3, -0.25) is 9.38 Å². The highest BCUT2D eigenvalue weighted by atomic mass is 16.5. The van der Waals surface area contributed by atoms with Crippen LogP contribution >= 0.6 is 0 Å². The van der Waals surface area contributed by atoms with E-state index in [1.165, 1.54) is 0 Å². The molecule has 146 valence electrons. The quantitative estimate of drug-likeness (QED) is 0.548. The second-order valence-corrected chi connectivity index (χ2v) is 7.11. The summed E-state index contributed by atoms with van der Waals surface area (Å²) >= 11 is 0. The number of anilines is 1. The molecule has 29 heavy (non-hydrogen) atoms. The topological polar surface area (TPSA) is 76.4 Å². The summed E-state index contributed by atoms with van der Waals surface area (Å²) in [6.45, 7) is 2.01. The molecule has 7 heteroatoms. The molecule has 5 heterocycles. The van der Waals surface area contributed by atoms with Crippen molar-refractivity contribution in [2.45, 2.75) is 12.5 Å². The van der Waals surface area contributed by atoms with Crippen molar-refractivity contribution in [1.82, 2.24) is 24.7 Å². The van der Waals surface area contributed by atoms with E-state index in [9.17, 15) is 0 Å². The molecule has 1 saturated heterocycles. The number of nitrogens with zero attached hydrogens (tertiary/aromatic N) is 4. The van der Waals surface area contributed by atoms with Crippen molar-refractivity contribution in [2.24, 2.45) is 0 Å². The van der Waals surface area contributed by atoms with Crippen LogP contribution in [0.2, 0.25) is 0 Å². The molecule has 2 N–H and O–H groups in total. The van der Waals surface area contributed by atoms with Crippen LogP contribution in [0.4, 0.5) is 5.82 Å². The maximum atomic E-state index is 5.60. The van der Waals surface area contributed by atoms with Crippen LogP contribution in [-0.4, -0.2) is 45.6 Å². The molecule has 0 spiro atoms. The van der Waals surface area contributed by atoms with Crippen LogP contribution in [0.15, 0.2) is 61.2 Å². The number of pyridine rings is 3. The van der Waals surface area contributed by atoms with Gasteiger partial charge in [-0.05, 0) is 31.2 Å². The average molecular weight is 386 g/mol. The Balaban J connectivity index is 1.57. The Morgan fingerprint density at radius 3 is 2.97 bits per heavy atom. The fourth-order valence-electron chi connectivity index (χ4n) is 3.75. The van der Waals surface area contributed by atoms with E-state index in [4.69, 9.17) is 9.72 Å². The molecule has 1 aliphatic heterocycles. The monoisotopic (exact) mass is 386 g/mol. The second kappa shape index (κ2) is 7.52. The maximum Gasteiger partial charge on any atom is 0.140 e. The number of hydrogen-bond acceptors (Lipinski definition) is 6. The van der Waals surface area contributed by atoms with Gasteiger partial charge in [-0.1, -0.05) is 12.1 Å². The number of rotatable bonds is 5. The van der Waals surface area contributed by atoms with Crippen LogP contribution in [0.5, 0.6) is 5.75 Å². The molecule has 0 unspecified atom stereocenters. The normalized spacial score (nSPS) is 16.2. The number of methoxy groups -OCH3 is 1. The summed E-state index contributed by atoms with van der Waals surface area (Å²) in [5.74, 6) is 1.65. The molecule has 4 aromatic heterocycles. The molecule has 0 bridgehead atoms. The zero-order valence-electron chi connectivity index (χ0n) is 16.2. The van der Waals surface area contributed by atoms with Crippen molar-refractivity contribution in [2.75, 3.05) is 25.5 Å². The van der Waals surface area contributed by atoms with Crippen LogP contribution in [-0.2, 0) is 0 Å². The summed E-state index contributed by atoms with van der Waals surface area (Å²) in [6, 6.07) is 12.3. The minimum absolute atomic E-state index is 0.418. The van der Waals surface area contributed by atoms with Crippen molar-refractivity contribution < 1.29 is 4.74 Å². The van der Waals surface area contributed by atoms with E-state index in [0.29, 0.717) is 6.04 Å². The largest absolute Gasteiger partial charge is 0.496 e. The Bertz CT molecular complexity index is 1130. The van der Waals surface area contributed by atoms with Crippen molar-refractivity contribution in [3.8, 4) is 28.3 Å². The Morgan fingerprint density at radius 1 is 1.21 bits per heavy atom. The Labute approximate surface area is 168 Å². The highest BCUT2D eigenvalue weighted by Crippen LogP contribution is 2.32. The van der Waals surface area contributed by atoms with E-state index in [0.717, 1.165) is 59.2 Å². The van der Waals surface area contributed by atoms with Crippen LogP contribution < -0.4 is 15.4 Å². The highest BCUT2D eigenvalue weighted by molar-refractivity contribution is 5.74. The van der Waals surface area contributed by atoms with Crippen LogP contribution in [0.1, 0.15) is 6.42 Å². The summed E-state index contributed by atoms with van der Waals surface area (Å²) in [7, 11) is 1.67. The molecule has 7 nitrogen and oxygen atoms in total. The van der Waals surface area contributed by atoms with Crippen molar-refractivity contribution in [3.05, 3.63) is 61.2 Å². The lowest BCUT2D eigenvalue weighted by molar-refractivity contribution is 0.416. The van der Waals surface area contributed by atoms with E-state index >= 15 is 0 Å². The first-order valence-electron chi connectivity index (χ1n) is 9.72. The third-order valence-electron chi connectivity index (χ3n) is 5.23. The van der Waals surface area contributed by atoms with Crippen molar-refractivity contribution >= 4 is 11.5 Å². The number of imidazole rings is 1. The Hall–Kier alpha value is -3.45. The van der Waals surface area contributed by atoms with Crippen LogP contribution in [0, 0.1) is 0 Å². The van der Waals surface area contributed by atoms with Gasteiger partial charge in [0.1, 0.15) is 17.2 Å². The zero-order chi connectivity index (χ0) is 19.6. The smallest absolute Gasteiger partial charge is 0.140 e. The van der Waals surface area contributed by atoms with E-state index in [2.05, 4.69) is 20.6 Å². The van der Waals surface area contributed by atoms with Gasteiger partial charge in [-0.2, -0.15) is 0 Å². The maximum absolute atomic E-state index is 5.60. The third-order valence-corrected chi connectivity index (χ3v) is 5.23. The van der Waals surface area contributed by atoms with Gasteiger partial charge in [0.15, 0.2) is 0 Å². The molecule has 1 aliphatic rings. The van der Waals surface area contributed by atoms with Crippen LogP contribution in [0.3, 0.4) is 0 Å². The molecular weight excluding hydrogens is 364 g/mol. The van der Waals surface area contributed by atoms with Gasteiger partial charge < -0.3 is 15.4 Å². The molecule has 5 rings (SSSR count). The van der Waals surface area contributed by atoms with Gasteiger partial charge in [0.05, 0.1) is 24.7 Å². The summed E-state index contributed by atoms with van der Waals surface area (Å²) in [4.78, 5) is 13.6. The lowest BCUT2D eigenvalue weighted by Gasteiger charge is -2.13. The van der Waals surface area contributed by atoms with E-state index in [1.54, 1.807) is 13.3 Å².